The maximum Gasteiger partial charge on any atom is 0.387 e. The van der Waals surface area contributed by atoms with Crippen molar-refractivity contribution in [3.8, 4) is 17.0 Å². The molecular weight excluding hydrogens is 516 g/mol. The molecule has 0 spiro atoms. The van der Waals surface area contributed by atoms with E-state index in [1.807, 2.05) is 18.4 Å². The largest absolute Gasteiger partial charge is 0.434 e. The minimum atomic E-state index is -3.06. The Morgan fingerprint density at radius 1 is 1.26 bits per heavy atom. The molecule has 5 rings (SSSR count). The van der Waals surface area contributed by atoms with Gasteiger partial charge in [-0.1, -0.05) is 12.2 Å². The van der Waals surface area contributed by atoms with E-state index in [1.54, 1.807) is 35.5 Å². The van der Waals surface area contributed by atoms with E-state index in [0.29, 0.717) is 18.7 Å². The van der Waals surface area contributed by atoms with Crippen LogP contribution in [0.1, 0.15) is 16.8 Å². The molecule has 38 heavy (non-hydrogen) atoms. The summed E-state index contributed by atoms with van der Waals surface area (Å²) in [5.41, 5.74) is 1.20. The lowest BCUT2D eigenvalue weighted by Crippen LogP contribution is -2.36. The van der Waals surface area contributed by atoms with Crippen LogP contribution >= 0.6 is 11.8 Å². The number of nitrogens with zero attached hydrogens (tertiary/aromatic N) is 6. The van der Waals surface area contributed by atoms with Crippen molar-refractivity contribution in [2.45, 2.75) is 24.5 Å². The maximum absolute atomic E-state index is 13.3. The molecule has 1 N–H and O–H groups in total. The van der Waals surface area contributed by atoms with Gasteiger partial charge >= 0.3 is 6.61 Å². The van der Waals surface area contributed by atoms with Gasteiger partial charge in [0.1, 0.15) is 23.6 Å². The van der Waals surface area contributed by atoms with Crippen LogP contribution in [0.3, 0.4) is 0 Å². The molecule has 0 saturated heterocycles. The average molecular weight is 540 g/mol. The van der Waals surface area contributed by atoms with E-state index in [-0.39, 0.29) is 40.7 Å². The SMILES string of the molecule is CSc1ccc(OC(F)F)c(-c2nn(CC(=O)N3CC=CCC3)cc2NC(=O)c2cnn3cccnc23)c1. The third kappa shape index (κ3) is 5.37. The molecule has 0 bridgehead atoms. The molecule has 13 heteroatoms. The number of nitrogens with one attached hydrogen (secondary N) is 1. The van der Waals surface area contributed by atoms with Gasteiger partial charge in [-0.2, -0.15) is 19.0 Å². The second-order valence-electron chi connectivity index (χ2n) is 8.33. The molecule has 4 aromatic rings. The van der Waals surface area contributed by atoms with E-state index in [2.05, 4.69) is 20.5 Å². The minimum absolute atomic E-state index is 0.0950. The fourth-order valence-corrected chi connectivity index (χ4v) is 4.54. The van der Waals surface area contributed by atoms with Crippen LogP contribution in [0.2, 0.25) is 0 Å². The topological polar surface area (TPSA) is 107 Å². The number of carbonyl (C=O) groups excluding carboxylic acids is 2. The first kappa shape index (κ1) is 25.4. The van der Waals surface area contributed by atoms with Gasteiger partial charge in [0.2, 0.25) is 5.91 Å². The highest BCUT2D eigenvalue weighted by molar-refractivity contribution is 7.98. The van der Waals surface area contributed by atoms with Crippen molar-refractivity contribution in [2.24, 2.45) is 0 Å². The van der Waals surface area contributed by atoms with E-state index in [1.165, 1.54) is 39.4 Å². The summed E-state index contributed by atoms with van der Waals surface area (Å²) in [5, 5.41) is 11.5. The molecule has 1 aliphatic rings. The number of rotatable bonds is 8. The van der Waals surface area contributed by atoms with E-state index in [9.17, 15) is 18.4 Å². The average Bonchev–Trinajstić information content (AvgIpc) is 3.53. The number of halogens is 2. The summed E-state index contributed by atoms with van der Waals surface area (Å²) in [6.07, 6.45) is 12.6. The van der Waals surface area contributed by atoms with Crippen molar-refractivity contribution in [3.05, 3.63) is 66.8 Å². The van der Waals surface area contributed by atoms with E-state index in [4.69, 9.17) is 4.74 Å². The van der Waals surface area contributed by atoms with E-state index >= 15 is 0 Å². The molecule has 2 amide bonds. The number of ether oxygens (including phenoxy) is 1. The third-order valence-electron chi connectivity index (χ3n) is 5.90. The normalized spacial score (nSPS) is 13.3. The summed E-state index contributed by atoms with van der Waals surface area (Å²) in [6, 6.07) is 6.42. The summed E-state index contributed by atoms with van der Waals surface area (Å²) < 4.78 is 34.1. The van der Waals surface area contributed by atoms with Gasteiger partial charge in [-0.3, -0.25) is 14.3 Å². The maximum atomic E-state index is 13.3. The summed E-state index contributed by atoms with van der Waals surface area (Å²) >= 11 is 1.41. The van der Waals surface area contributed by atoms with E-state index < -0.39 is 12.5 Å². The number of benzene rings is 1. The van der Waals surface area contributed by atoms with Crippen LogP contribution in [0.5, 0.6) is 5.75 Å². The van der Waals surface area contributed by atoms with Gasteiger partial charge in [-0.05, 0) is 36.9 Å². The second kappa shape index (κ2) is 11.0. The number of alkyl halides is 2. The summed E-state index contributed by atoms with van der Waals surface area (Å²) in [4.78, 5) is 32.8. The lowest BCUT2D eigenvalue weighted by molar-refractivity contribution is -0.131. The zero-order valence-electron chi connectivity index (χ0n) is 20.3. The molecule has 0 fully saturated rings. The van der Waals surface area contributed by atoms with Crippen molar-refractivity contribution < 1.29 is 23.1 Å². The first-order valence-corrected chi connectivity index (χ1v) is 12.9. The van der Waals surface area contributed by atoms with Gasteiger partial charge in [0.05, 0.1) is 11.9 Å². The Morgan fingerprint density at radius 3 is 2.89 bits per heavy atom. The quantitative estimate of drug-likeness (QED) is 0.267. The third-order valence-corrected chi connectivity index (χ3v) is 6.63. The molecule has 1 aliphatic heterocycles. The smallest absolute Gasteiger partial charge is 0.387 e. The number of amides is 2. The Bertz CT molecular complexity index is 1520. The van der Waals surface area contributed by atoms with Crippen LogP contribution in [0.15, 0.2) is 66.1 Å². The lowest BCUT2D eigenvalue weighted by atomic mass is 10.1. The first-order valence-electron chi connectivity index (χ1n) is 11.7. The van der Waals surface area contributed by atoms with Crippen LogP contribution in [0.25, 0.3) is 16.9 Å². The Balaban J connectivity index is 1.53. The Morgan fingerprint density at radius 2 is 2.13 bits per heavy atom. The molecule has 10 nitrogen and oxygen atoms in total. The van der Waals surface area contributed by atoms with Crippen LogP contribution in [0.4, 0.5) is 14.5 Å². The molecule has 1 aromatic carbocycles. The highest BCUT2D eigenvalue weighted by atomic mass is 32.2. The predicted molar refractivity (Wildman–Crippen MR) is 137 cm³/mol. The number of carbonyl (C=O) groups is 2. The van der Waals surface area contributed by atoms with Gasteiger partial charge < -0.3 is 15.0 Å². The molecule has 0 saturated carbocycles. The predicted octanol–water partition coefficient (Wildman–Crippen LogP) is 3.96. The number of hydrogen-bond donors (Lipinski definition) is 1. The van der Waals surface area contributed by atoms with Gasteiger partial charge in [0.25, 0.3) is 5.91 Å². The molecule has 3 aromatic heterocycles. The van der Waals surface area contributed by atoms with Crippen molar-refractivity contribution in [2.75, 3.05) is 24.7 Å². The van der Waals surface area contributed by atoms with Crippen LogP contribution < -0.4 is 10.1 Å². The van der Waals surface area contributed by atoms with Crippen molar-refractivity contribution in [1.82, 2.24) is 29.3 Å². The van der Waals surface area contributed by atoms with Gasteiger partial charge in [0, 0.05) is 42.1 Å². The fourth-order valence-electron chi connectivity index (χ4n) is 4.10. The van der Waals surface area contributed by atoms with Crippen molar-refractivity contribution in [3.63, 3.8) is 0 Å². The zero-order chi connectivity index (χ0) is 26.6. The summed E-state index contributed by atoms with van der Waals surface area (Å²) in [6.45, 7) is -2.06. The van der Waals surface area contributed by atoms with Crippen LogP contribution in [-0.2, 0) is 11.3 Å². The number of aromatic nitrogens is 5. The van der Waals surface area contributed by atoms with Crippen LogP contribution in [0, 0.1) is 0 Å². The molecule has 196 valence electrons. The number of anilines is 1. The highest BCUT2D eigenvalue weighted by Crippen LogP contribution is 2.37. The van der Waals surface area contributed by atoms with Gasteiger partial charge in [0.15, 0.2) is 5.65 Å². The zero-order valence-corrected chi connectivity index (χ0v) is 21.1. The summed E-state index contributed by atoms with van der Waals surface area (Å²) in [5.74, 6) is -0.789. The Labute approximate surface area is 220 Å². The monoisotopic (exact) mass is 539 g/mol. The molecule has 0 atom stereocenters. The summed E-state index contributed by atoms with van der Waals surface area (Å²) in [7, 11) is 0. The number of fused-ring (bicyclic) bond motifs is 1. The Hall–Kier alpha value is -4.26. The first-order chi connectivity index (χ1) is 18.4. The second-order valence-corrected chi connectivity index (χ2v) is 9.21. The lowest BCUT2D eigenvalue weighted by Gasteiger charge is -2.23. The standard InChI is InChI=1S/C25H23F2N7O3S/c1-38-16-6-7-20(37-25(26)27)17(12-16)22-19(14-33(31-22)15-21(35)32-9-3-2-4-10-32)30-24(36)18-13-29-34-11-5-8-28-23(18)34/h2-3,5-8,11-14,25H,4,9-10,15H2,1H3,(H,30,36). The molecular formula is C25H23F2N7O3S. The van der Waals surface area contributed by atoms with Gasteiger partial charge in [-0.15, -0.1) is 11.8 Å². The van der Waals surface area contributed by atoms with Crippen molar-refractivity contribution >= 4 is 34.9 Å². The molecule has 0 radical (unpaired) electrons. The molecule has 0 aliphatic carbocycles. The Kier molecular flexibility index (Phi) is 7.36. The van der Waals surface area contributed by atoms with Crippen LogP contribution in [-0.4, -0.2) is 67.0 Å². The minimum Gasteiger partial charge on any atom is -0.434 e. The number of thioether (sulfide) groups is 1. The highest BCUT2D eigenvalue weighted by Gasteiger charge is 2.23. The van der Waals surface area contributed by atoms with Gasteiger partial charge in [-0.25, -0.2) is 9.50 Å². The van der Waals surface area contributed by atoms with E-state index in [0.717, 1.165) is 11.3 Å². The molecule has 4 heterocycles. The molecule has 0 unspecified atom stereocenters. The number of hydrogen-bond acceptors (Lipinski definition) is 7. The van der Waals surface area contributed by atoms with Crippen molar-refractivity contribution in [1.29, 1.82) is 0 Å². The fraction of sp³-hybridized carbons (Fsp3) is 0.240.